The average molecular weight is 369 g/mol. The number of aliphatic hydroxyl groups excluding tert-OH is 2. The molecule has 25 heavy (non-hydrogen) atoms. The van der Waals surface area contributed by atoms with Gasteiger partial charge in [0.2, 0.25) is 0 Å². The highest BCUT2D eigenvalue weighted by Crippen LogP contribution is 2.46. The Morgan fingerprint density at radius 3 is 2.36 bits per heavy atom. The molecule has 0 saturated carbocycles. The van der Waals surface area contributed by atoms with E-state index < -0.39 is 25.9 Å². The Hall–Kier alpha value is -0.423. The Morgan fingerprint density at radius 2 is 1.88 bits per heavy atom. The minimum absolute atomic E-state index is 0.0850. The SMILES string of the molecule is C=C(C)CC[C@H](O)[C@@]1(C)[C@@H](O)C=C[C@@H](C)[C@@H]1CO[Si](C)(C)C(C)(C)C. The van der Waals surface area contributed by atoms with Crippen molar-refractivity contribution < 1.29 is 14.6 Å². The fourth-order valence-corrected chi connectivity index (χ4v) is 4.42. The second-order valence-corrected chi connectivity index (χ2v) is 14.6. The van der Waals surface area contributed by atoms with Gasteiger partial charge < -0.3 is 14.6 Å². The van der Waals surface area contributed by atoms with Gasteiger partial charge in [-0.3, -0.25) is 0 Å². The fourth-order valence-electron chi connectivity index (χ4n) is 3.39. The first-order chi connectivity index (χ1) is 11.2. The van der Waals surface area contributed by atoms with E-state index in [9.17, 15) is 10.2 Å². The maximum atomic E-state index is 11.0. The van der Waals surface area contributed by atoms with Gasteiger partial charge in [-0.25, -0.2) is 0 Å². The molecule has 0 heterocycles. The molecule has 2 N–H and O–H groups in total. The molecule has 1 rings (SSSR count). The van der Waals surface area contributed by atoms with Gasteiger partial charge in [0.1, 0.15) is 0 Å². The normalized spacial score (nSPS) is 31.8. The Balaban J connectivity index is 3.02. The van der Waals surface area contributed by atoms with Crippen molar-refractivity contribution in [2.75, 3.05) is 6.61 Å². The first-order valence-corrected chi connectivity index (χ1v) is 12.5. The van der Waals surface area contributed by atoms with E-state index in [1.807, 2.05) is 19.9 Å². The van der Waals surface area contributed by atoms with E-state index in [1.54, 1.807) is 0 Å². The van der Waals surface area contributed by atoms with Gasteiger partial charge in [0.15, 0.2) is 8.32 Å². The van der Waals surface area contributed by atoms with Crippen LogP contribution in [0.3, 0.4) is 0 Å². The standard InChI is InChI=1S/C21H40O3Si/c1-15(2)10-12-18(22)21(7)17(16(3)11-13-19(21)23)14-24-25(8,9)20(4,5)6/h11,13,16-19,22-23H,1,10,12,14H2,2-9H3/t16-,17+,18+,19+,21+/m1/s1. The summed E-state index contributed by atoms with van der Waals surface area (Å²) in [6.07, 6.45) is 4.07. The number of rotatable bonds is 7. The van der Waals surface area contributed by atoms with Crippen molar-refractivity contribution in [1.82, 2.24) is 0 Å². The summed E-state index contributed by atoms with van der Waals surface area (Å²) >= 11 is 0. The van der Waals surface area contributed by atoms with Crippen molar-refractivity contribution in [3.05, 3.63) is 24.3 Å². The maximum Gasteiger partial charge on any atom is 0.191 e. The van der Waals surface area contributed by atoms with Crippen molar-refractivity contribution in [2.45, 2.75) is 84.7 Å². The molecule has 5 atom stereocenters. The monoisotopic (exact) mass is 368 g/mol. The highest BCUT2D eigenvalue weighted by atomic mass is 28.4. The Kier molecular flexibility index (Phi) is 7.31. The van der Waals surface area contributed by atoms with Crippen LogP contribution in [0.1, 0.15) is 54.4 Å². The molecular formula is C21H40O3Si. The number of hydrogen-bond acceptors (Lipinski definition) is 3. The lowest BCUT2D eigenvalue weighted by atomic mass is 9.61. The summed E-state index contributed by atoms with van der Waals surface area (Å²) in [6.45, 7) is 21.9. The van der Waals surface area contributed by atoms with Gasteiger partial charge in [-0.15, -0.1) is 6.58 Å². The van der Waals surface area contributed by atoms with E-state index in [0.717, 1.165) is 12.0 Å². The molecule has 1 aliphatic rings. The van der Waals surface area contributed by atoms with E-state index in [-0.39, 0.29) is 16.9 Å². The van der Waals surface area contributed by atoms with Crippen LogP contribution in [0.4, 0.5) is 0 Å². The molecule has 0 bridgehead atoms. The van der Waals surface area contributed by atoms with Gasteiger partial charge in [-0.1, -0.05) is 52.3 Å². The predicted octanol–water partition coefficient (Wildman–Crippen LogP) is 4.91. The molecule has 0 saturated heterocycles. The quantitative estimate of drug-likeness (QED) is 0.495. The Labute approximate surface area is 156 Å². The van der Waals surface area contributed by atoms with E-state index in [1.165, 1.54) is 0 Å². The molecule has 0 spiro atoms. The van der Waals surface area contributed by atoms with Crippen LogP contribution in [0.15, 0.2) is 24.3 Å². The lowest BCUT2D eigenvalue weighted by molar-refractivity contribution is -0.106. The van der Waals surface area contributed by atoms with Gasteiger partial charge >= 0.3 is 0 Å². The van der Waals surface area contributed by atoms with Gasteiger partial charge in [0, 0.05) is 12.0 Å². The van der Waals surface area contributed by atoms with Crippen LogP contribution in [0.5, 0.6) is 0 Å². The van der Waals surface area contributed by atoms with Crippen LogP contribution in [-0.4, -0.2) is 37.3 Å². The second kappa shape index (κ2) is 8.08. The summed E-state index contributed by atoms with van der Waals surface area (Å²) in [5.74, 6) is 0.347. The molecule has 1 aliphatic carbocycles. The summed E-state index contributed by atoms with van der Waals surface area (Å²) in [6, 6.07) is 0. The highest BCUT2D eigenvalue weighted by Gasteiger charge is 2.50. The van der Waals surface area contributed by atoms with Gasteiger partial charge in [-0.05, 0) is 49.7 Å². The first kappa shape index (κ1) is 22.6. The molecule has 0 unspecified atom stereocenters. The smallest absolute Gasteiger partial charge is 0.191 e. The summed E-state index contributed by atoms with van der Waals surface area (Å²) in [5, 5.41) is 21.8. The van der Waals surface area contributed by atoms with E-state index >= 15 is 0 Å². The van der Waals surface area contributed by atoms with Gasteiger partial charge in [-0.2, -0.15) is 0 Å². The van der Waals surface area contributed by atoms with Crippen molar-refractivity contribution in [2.24, 2.45) is 17.3 Å². The van der Waals surface area contributed by atoms with Crippen LogP contribution < -0.4 is 0 Å². The van der Waals surface area contributed by atoms with Crippen molar-refractivity contribution in [3.63, 3.8) is 0 Å². The second-order valence-electron chi connectivity index (χ2n) is 9.74. The van der Waals surface area contributed by atoms with E-state index in [4.69, 9.17) is 4.43 Å². The molecule has 0 aromatic carbocycles. The zero-order valence-corrected chi connectivity index (χ0v) is 18.6. The number of allylic oxidation sites excluding steroid dienone is 2. The van der Waals surface area contributed by atoms with Crippen LogP contribution in [-0.2, 0) is 4.43 Å². The summed E-state index contributed by atoms with van der Waals surface area (Å²) in [5.41, 5.74) is 0.456. The summed E-state index contributed by atoms with van der Waals surface area (Å²) in [7, 11) is -1.88. The van der Waals surface area contributed by atoms with Crippen LogP contribution >= 0.6 is 0 Å². The third-order valence-electron chi connectivity index (χ3n) is 6.66. The number of aliphatic hydroxyl groups is 2. The third kappa shape index (κ3) is 5.06. The molecular weight excluding hydrogens is 328 g/mol. The molecule has 0 aliphatic heterocycles. The zero-order chi connectivity index (χ0) is 19.6. The van der Waals surface area contributed by atoms with Gasteiger partial charge in [0.25, 0.3) is 0 Å². The average Bonchev–Trinajstić information content (AvgIpc) is 2.47. The summed E-state index contributed by atoms with van der Waals surface area (Å²) in [4.78, 5) is 0. The first-order valence-electron chi connectivity index (χ1n) is 9.56. The van der Waals surface area contributed by atoms with E-state index in [0.29, 0.717) is 13.0 Å². The van der Waals surface area contributed by atoms with Crippen molar-refractivity contribution in [3.8, 4) is 0 Å². The predicted molar refractivity (Wildman–Crippen MR) is 109 cm³/mol. The minimum Gasteiger partial charge on any atom is -0.417 e. The van der Waals surface area contributed by atoms with Crippen molar-refractivity contribution >= 4 is 8.32 Å². The maximum absolute atomic E-state index is 11.0. The van der Waals surface area contributed by atoms with Crippen molar-refractivity contribution in [1.29, 1.82) is 0 Å². The topological polar surface area (TPSA) is 49.7 Å². The van der Waals surface area contributed by atoms with E-state index in [2.05, 4.69) is 53.4 Å². The molecule has 0 radical (unpaired) electrons. The molecule has 3 nitrogen and oxygen atoms in total. The molecule has 0 aromatic heterocycles. The lowest BCUT2D eigenvalue weighted by Gasteiger charge is -2.49. The molecule has 4 heteroatoms. The zero-order valence-electron chi connectivity index (χ0n) is 17.6. The highest BCUT2D eigenvalue weighted by molar-refractivity contribution is 6.74. The minimum atomic E-state index is -1.88. The third-order valence-corrected chi connectivity index (χ3v) is 11.2. The lowest BCUT2D eigenvalue weighted by Crippen LogP contribution is -2.54. The van der Waals surface area contributed by atoms with Crippen LogP contribution in [0.2, 0.25) is 18.1 Å². The summed E-state index contributed by atoms with van der Waals surface area (Å²) < 4.78 is 6.49. The number of hydrogen-bond donors (Lipinski definition) is 2. The van der Waals surface area contributed by atoms with Gasteiger partial charge in [0.05, 0.1) is 12.2 Å². The largest absolute Gasteiger partial charge is 0.417 e. The molecule has 0 amide bonds. The van der Waals surface area contributed by atoms with Crippen LogP contribution in [0, 0.1) is 17.3 Å². The molecule has 0 aromatic rings. The fraction of sp³-hybridized carbons (Fsp3) is 0.810. The Bertz CT molecular complexity index is 492. The molecule has 146 valence electrons. The Morgan fingerprint density at radius 1 is 1.32 bits per heavy atom. The van der Waals surface area contributed by atoms with Crippen LogP contribution in [0.25, 0.3) is 0 Å². The molecule has 0 fully saturated rings.